The Morgan fingerprint density at radius 3 is 2.65 bits per heavy atom. The number of aryl methyl sites for hydroxylation is 1. The lowest BCUT2D eigenvalue weighted by molar-refractivity contribution is -0.129. The van der Waals surface area contributed by atoms with Crippen LogP contribution in [0.2, 0.25) is 0 Å². The number of amides is 2. The highest BCUT2D eigenvalue weighted by Crippen LogP contribution is 2.28. The zero-order chi connectivity index (χ0) is 22.4. The third-order valence-corrected chi connectivity index (χ3v) is 5.52. The fourth-order valence-electron chi connectivity index (χ4n) is 2.77. The number of thiophene rings is 1. The van der Waals surface area contributed by atoms with Crippen LogP contribution in [-0.4, -0.2) is 31.0 Å². The van der Waals surface area contributed by atoms with Gasteiger partial charge in [-0.15, -0.1) is 11.3 Å². The Bertz CT molecular complexity index is 1070. The normalized spacial score (nSPS) is 11.5. The molecule has 0 bridgehead atoms. The minimum absolute atomic E-state index is 0.163. The average molecular weight is 442 g/mol. The van der Waals surface area contributed by atoms with E-state index in [0.717, 1.165) is 16.9 Å². The van der Waals surface area contributed by atoms with Crippen LogP contribution in [0.25, 0.3) is 0 Å². The maximum absolute atomic E-state index is 12.5. The number of hydrogen-bond donors (Lipinski definition) is 2. The number of anilines is 1. The fraction of sp³-hybridized carbons (Fsp3) is 0.227. The van der Waals surface area contributed by atoms with Crippen LogP contribution in [0.1, 0.15) is 38.3 Å². The first kappa shape index (κ1) is 22.1. The van der Waals surface area contributed by atoms with Gasteiger partial charge in [0.15, 0.2) is 11.9 Å². The first-order valence-electron chi connectivity index (χ1n) is 9.45. The van der Waals surface area contributed by atoms with E-state index in [2.05, 4.69) is 10.6 Å². The van der Waals surface area contributed by atoms with E-state index in [1.165, 1.54) is 19.3 Å². The third kappa shape index (κ3) is 5.52. The standard InChI is InChI=1S/C22H22N2O6S/c1-13-11-18(24-21(26)17-9-6-10-29-17)31-19(13)22(27)30-14(2)20(25)23-12-15-7-4-5-8-16(15)28-3/h4-11,14H,12H2,1-3H3,(H,23,25)(H,24,26). The number of carbonyl (C=O) groups is 3. The molecular formula is C22H22N2O6S. The van der Waals surface area contributed by atoms with E-state index >= 15 is 0 Å². The Morgan fingerprint density at radius 1 is 1.16 bits per heavy atom. The molecular weight excluding hydrogens is 420 g/mol. The molecule has 0 aliphatic carbocycles. The van der Waals surface area contributed by atoms with Crippen LogP contribution < -0.4 is 15.4 Å². The molecule has 0 aliphatic rings. The van der Waals surface area contributed by atoms with Crippen molar-refractivity contribution in [1.29, 1.82) is 0 Å². The number of benzene rings is 1. The minimum Gasteiger partial charge on any atom is -0.496 e. The van der Waals surface area contributed by atoms with Crippen LogP contribution >= 0.6 is 11.3 Å². The lowest BCUT2D eigenvalue weighted by atomic mass is 10.2. The van der Waals surface area contributed by atoms with E-state index in [-0.39, 0.29) is 12.3 Å². The Morgan fingerprint density at radius 2 is 1.94 bits per heavy atom. The number of hydrogen-bond acceptors (Lipinski definition) is 7. The second-order valence-corrected chi connectivity index (χ2v) is 7.68. The number of methoxy groups -OCH3 is 1. The molecule has 0 saturated carbocycles. The number of ether oxygens (including phenoxy) is 2. The summed E-state index contributed by atoms with van der Waals surface area (Å²) < 4.78 is 15.6. The fourth-order valence-corrected chi connectivity index (χ4v) is 3.72. The largest absolute Gasteiger partial charge is 0.496 e. The molecule has 2 amide bonds. The van der Waals surface area contributed by atoms with Crippen LogP contribution in [0.15, 0.2) is 53.1 Å². The Hall–Kier alpha value is -3.59. The first-order chi connectivity index (χ1) is 14.9. The van der Waals surface area contributed by atoms with Crippen LogP contribution in [0.3, 0.4) is 0 Å². The van der Waals surface area contributed by atoms with Gasteiger partial charge in [-0.2, -0.15) is 0 Å². The highest BCUT2D eigenvalue weighted by molar-refractivity contribution is 7.18. The molecule has 2 aromatic heterocycles. The number of nitrogens with one attached hydrogen (secondary N) is 2. The molecule has 3 aromatic rings. The molecule has 0 fully saturated rings. The highest BCUT2D eigenvalue weighted by Gasteiger charge is 2.23. The Labute approximate surface area is 183 Å². The SMILES string of the molecule is COc1ccccc1CNC(=O)C(C)OC(=O)c1sc(NC(=O)c2ccco2)cc1C. The van der Waals surface area contributed by atoms with Crippen molar-refractivity contribution in [3.63, 3.8) is 0 Å². The van der Waals surface area contributed by atoms with Crippen molar-refractivity contribution in [2.24, 2.45) is 0 Å². The van der Waals surface area contributed by atoms with Gasteiger partial charge in [-0.1, -0.05) is 18.2 Å². The maximum atomic E-state index is 12.5. The second-order valence-electron chi connectivity index (χ2n) is 6.63. The molecule has 1 atom stereocenters. The molecule has 0 saturated heterocycles. The van der Waals surface area contributed by atoms with Crippen molar-refractivity contribution in [2.45, 2.75) is 26.5 Å². The average Bonchev–Trinajstić information content (AvgIpc) is 3.42. The first-order valence-corrected chi connectivity index (χ1v) is 10.3. The molecule has 1 unspecified atom stereocenters. The summed E-state index contributed by atoms with van der Waals surface area (Å²) in [5.74, 6) is -0.669. The van der Waals surface area contributed by atoms with Crippen LogP contribution in [-0.2, 0) is 16.1 Å². The van der Waals surface area contributed by atoms with Crippen LogP contribution in [0.4, 0.5) is 5.00 Å². The molecule has 0 aliphatic heterocycles. The van der Waals surface area contributed by atoms with E-state index < -0.39 is 23.9 Å². The van der Waals surface area contributed by atoms with Gasteiger partial charge in [0.05, 0.1) is 18.4 Å². The molecule has 0 radical (unpaired) electrons. The van der Waals surface area contributed by atoms with E-state index in [1.807, 2.05) is 18.2 Å². The van der Waals surface area contributed by atoms with Crippen molar-refractivity contribution in [3.05, 3.63) is 70.5 Å². The van der Waals surface area contributed by atoms with E-state index in [4.69, 9.17) is 13.9 Å². The highest BCUT2D eigenvalue weighted by atomic mass is 32.1. The molecule has 9 heteroatoms. The molecule has 0 spiro atoms. The molecule has 31 heavy (non-hydrogen) atoms. The van der Waals surface area contributed by atoms with Gasteiger partial charge in [0.1, 0.15) is 10.6 Å². The lowest BCUT2D eigenvalue weighted by Crippen LogP contribution is -2.35. The molecule has 3 rings (SSSR count). The Balaban J connectivity index is 1.57. The van der Waals surface area contributed by atoms with Crippen LogP contribution in [0, 0.1) is 6.92 Å². The summed E-state index contributed by atoms with van der Waals surface area (Å²) in [6, 6.07) is 12.1. The summed E-state index contributed by atoms with van der Waals surface area (Å²) in [7, 11) is 1.56. The molecule has 8 nitrogen and oxygen atoms in total. The van der Waals surface area contributed by atoms with Crippen molar-refractivity contribution < 1.29 is 28.3 Å². The second kappa shape index (κ2) is 9.94. The van der Waals surface area contributed by atoms with E-state index in [0.29, 0.717) is 21.2 Å². The predicted octanol–water partition coefficient (Wildman–Crippen LogP) is 3.77. The van der Waals surface area contributed by atoms with Gasteiger partial charge in [-0.05, 0) is 43.7 Å². The van der Waals surface area contributed by atoms with Crippen LogP contribution in [0.5, 0.6) is 5.75 Å². The molecule has 2 heterocycles. The predicted molar refractivity (Wildman–Crippen MR) is 115 cm³/mol. The summed E-state index contributed by atoms with van der Waals surface area (Å²) in [6.45, 7) is 3.46. The summed E-state index contributed by atoms with van der Waals surface area (Å²) in [5.41, 5.74) is 1.44. The smallest absolute Gasteiger partial charge is 0.349 e. The van der Waals surface area contributed by atoms with Gasteiger partial charge in [0.25, 0.3) is 11.8 Å². The summed E-state index contributed by atoms with van der Waals surface area (Å²) in [6.07, 6.45) is 0.405. The number of esters is 1. The van der Waals surface area contributed by atoms with E-state index in [9.17, 15) is 14.4 Å². The number of furan rings is 1. The molecule has 2 N–H and O–H groups in total. The van der Waals surface area contributed by atoms with E-state index in [1.54, 1.807) is 32.2 Å². The topological polar surface area (TPSA) is 107 Å². The van der Waals surface area contributed by atoms with Gasteiger partial charge in [-0.25, -0.2) is 4.79 Å². The van der Waals surface area contributed by atoms with Crippen molar-refractivity contribution in [3.8, 4) is 5.75 Å². The quantitative estimate of drug-likeness (QED) is 0.514. The van der Waals surface area contributed by atoms with Gasteiger partial charge in [0, 0.05) is 12.1 Å². The summed E-state index contributed by atoms with van der Waals surface area (Å²) in [4.78, 5) is 37.3. The number of rotatable bonds is 8. The summed E-state index contributed by atoms with van der Waals surface area (Å²) in [5, 5.41) is 5.88. The van der Waals surface area contributed by atoms with Gasteiger partial charge >= 0.3 is 5.97 Å². The van der Waals surface area contributed by atoms with Crippen molar-refractivity contribution >= 4 is 34.1 Å². The number of carbonyl (C=O) groups excluding carboxylic acids is 3. The van der Waals surface area contributed by atoms with Crippen molar-refractivity contribution in [2.75, 3.05) is 12.4 Å². The van der Waals surface area contributed by atoms with Crippen molar-refractivity contribution in [1.82, 2.24) is 5.32 Å². The monoisotopic (exact) mass is 442 g/mol. The van der Waals surface area contributed by atoms with Gasteiger partial charge in [-0.3, -0.25) is 9.59 Å². The zero-order valence-corrected chi connectivity index (χ0v) is 18.1. The third-order valence-electron chi connectivity index (χ3n) is 4.38. The molecule has 1 aromatic carbocycles. The van der Waals surface area contributed by atoms with Gasteiger partial charge < -0.3 is 24.5 Å². The molecule has 162 valence electrons. The maximum Gasteiger partial charge on any atom is 0.349 e. The zero-order valence-electron chi connectivity index (χ0n) is 17.3. The Kier molecular flexibility index (Phi) is 7.09. The summed E-state index contributed by atoms with van der Waals surface area (Å²) >= 11 is 1.07. The number of para-hydroxylation sites is 1. The lowest BCUT2D eigenvalue weighted by Gasteiger charge is -2.14. The van der Waals surface area contributed by atoms with Gasteiger partial charge in [0.2, 0.25) is 0 Å². The minimum atomic E-state index is -0.995.